The first-order chi connectivity index (χ1) is 12.9. The number of hydrogen-bond donors (Lipinski definition) is 4. The number of amides is 1. The van der Waals surface area contributed by atoms with Gasteiger partial charge >= 0.3 is 0 Å². The van der Waals surface area contributed by atoms with Crippen LogP contribution in [0.3, 0.4) is 0 Å². The Kier molecular flexibility index (Phi) is 7.63. The Hall–Kier alpha value is -2.58. The number of ether oxygens (including phenoxy) is 1. The first kappa shape index (κ1) is 20.7. The highest BCUT2D eigenvalue weighted by molar-refractivity contribution is 7.10. The van der Waals surface area contributed by atoms with Crippen LogP contribution in [-0.2, 0) is 16.9 Å². The Morgan fingerprint density at radius 3 is 2.81 bits per heavy atom. The Morgan fingerprint density at radius 1 is 1.33 bits per heavy atom. The molecule has 1 atom stereocenters. The van der Waals surface area contributed by atoms with Crippen molar-refractivity contribution >= 4 is 23.2 Å². The van der Waals surface area contributed by atoms with Gasteiger partial charge in [0.2, 0.25) is 0 Å². The number of rotatable bonds is 9. The van der Waals surface area contributed by atoms with Crippen LogP contribution in [-0.4, -0.2) is 36.7 Å². The predicted octanol–water partition coefficient (Wildman–Crippen LogP) is 1.58. The second-order valence-corrected chi connectivity index (χ2v) is 7.15. The molecular formula is C19H26N4O3S. The summed E-state index contributed by atoms with van der Waals surface area (Å²) >= 11 is 1.52. The highest BCUT2D eigenvalue weighted by atomic mass is 32.1. The van der Waals surface area contributed by atoms with Crippen LogP contribution in [0, 0.1) is 0 Å². The third kappa shape index (κ3) is 6.92. The van der Waals surface area contributed by atoms with Gasteiger partial charge in [0.05, 0.1) is 13.1 Å². The third-order valence-electron chi connectivity index (χ3n) is 3.70. The number of aliphatic hydroxyl groups is 1. The zero-order chi connectivity index (χ0) is 19.7. The van der Waals surface area contributed by atoms with E-state index in [0.717, 1.165) is 10.4 Å². The molecule has 7 nitrogen and oxygen atoms in total. The molecular weight excluding hydrogens is 364 g/mol. The van der Waals surface area contributed by atoms with Crippen molar-refractivity contribution in [1.82, 2.24) is 10.6 Å². The monoisotopic (exact) mass is 390 g/mol. The van der Waals surface area contributed by atoms with Crippen molar-refractivity contribution in [2.24, 2.45) is 10.7 Å². The number of nitrogens with zero attached hydrogens (tertiary/aromatic N) is 1. The highest BCUT2D eigenvalue weighted by Crippen LogP contribution is 2.24. The second kappa shape index (κ2) is 9.94. The summed E-state index contributed by atoms with van der Waals surface area (Å²) in [4.78, 5) is 16.3. The van der Waals surface area contributed by atoms with E-state index < -0.39 is 11.5 Å². The van der Waals surface area contributed by atoms with E-state index in [1.165, 1.54) is 11.3 Å². The van der Waals surface area contributed by atoms with Crippen LogP contribution < -0.4 is 21.1 Å². The van der Waals surface area contributed by atoms with Gasteiger partial charge in [-0.1, -0.05) is 18.2 Å². The number of nitrogens with two attached hydrogens (primary N) is 1. The molecule has 0 aliphatic heterocycles. The van der Waals surface area contributed by atoms with Gasteiger partial charge in [-0.3, -0.25) is 4.79 Å². The number of carbonyl (C=O) groups is 1. The molecule has 5 N–H and O–H groups in total. The summed E-state index contributed by atoms with van der Waals surface area (Å²) in [5.74, 6) is 0.660. The van der Waals surface area contributed by atoms with E-state index in [9.17, 15) is 9.90 Å². The summed E-state index contributed by atoms with van der Waals surface area (Å²) in [7, 11) is 0. The first-order valence-corrected chi connectivity index (χ1v) is 9.57. The third-order valence-corrected chi connectivity index (χ3v) is 4.82. The second-order valence-electron chi connectivity index (χ2n) is 6.20. The molecule has 8 heteroatoms. The van der Waals surface area contributed by atoms with Crippen LogP contribution in [0.1, 0.15) is 24.3 Å². The van der Waals surface area contributed by atoms with Gasteiger partial charge in [-0.25, -0.2) is 4.99 Å². The smallest absolute Gasteiger partial charge is 0.255 e. The number of guanidine groups is 1. The van der Waals surface area contributed by atoms with Crippen molar-refractivity contribution in [2.75, 3.05) is 19.7 Å². The maximum atomic E-state index is 10.8. The fourth-order valence-corrected chi connectivity index (χ4v) is 3.12. The summed E-state index contributed by atoms with van der Waals surface area (Å²) < 4.78 is 5.31. The first-order valence-electron chi connectivity index (χ1n) is 8.69. The molecule has 0 saturated heterocycles. The van der Waals surface area contributed by atoms with Crippen LogP contribution in [0.2, 0.25) is 0 Å². The lowest BCUT2D eigenvalue weighted by atomic mass is 10.1. The topological polar surface area (TPSA) is 109 Å². The zero-order valence-corrected chi connectivity index (χ0v) is 16.4. The van der Waals surface area contributed by atoms with Crippen molar-refractivity contribution in [3.8, 4) is 5.75 Å². The minimum absolute atomic E-state index is 0.158. The van der Waals surface area contributed by atoms with Gasteiger partial charge in [-0.15, -0.1) is 11.3 Å². The molecule has 2 rings (SSSR count). The molecule has 27 heavy (non-hydrogen) atoms. The van der Waals surface area contributed by atoms with Crippen LogP contribution in [0.4, 0.5) is 0 Å². The Morgan fingerprint density at radius 2 is 2.15 bits per heavy atom. The normalized spacial score (nSPS) is 13.7. The molecule has 1 amide bonds. The van der Waals surface area contributed by atoms with Gasteiger partial charge in [0, 0.05) is 11.4 Å². The van der Waals surface area contributed by atoms with E-state index >= 15 is 0 Å². The lowest BCUT2D eigenvalue weighted by molar-refractivity contribution is -0.119. The molecule has 0 fully saturated rings. The predicted molar refractivity (Wildman–Crippen MR) is 108 cm³/mol. The number of nitrogens with one attached hydrogen (secondary N) is 2. The van der Waals surface area contributed by atoms with E-state index in [4.69, 9.17) is 10.5 Å². The van der Waals surface area contributed by atoms with Gasteiger partial charge in [-0.05, 0) is 43.0 Å². The van der Waals surface area contributed by atoms with Crippen molar-refractivity contribution < 1.29 is 14.6 Å². The van der Waals surface area contributed by atoms with E-state index in [1.54, 1.807) is 13.0 Å². The summed E-state index contributed by atoms with van der Waals surface area (Å²) in [5.41, 5.74) is 5.04. The number of benzene rings is 1. The molecule has 0 radical (unpaired) electrons. The van der Waals surface area contributed by atoms with Gasteiger partial charge in [0.25, 0.3) is 5.91 Å². The standard InChI is InChI=1S/C19H26N4O3S/c1-3-21-18(23-13-19(2,25)16-8-5-9-27-16)22-11-14-6-4-7-15(10-14)26-12-17(20)24/h4-10,25H,3,11-13H2,1-2H3,(H2,20,24)(H2,21,22,23). The van der Waals surface area contributed by atoms with Crippen molar-refractivity contribution in [1.29, 1.82) is 0 Å². The molecule has 146 valence electrons. The Labute approximate surface area is 163 Å². The molecule has 1 aromatic carbocycles. The summed E-state index contributed by atoms with van der Waals surface area (Å²) in [6.45, 7) is 5.05. The summed E-state index contributed by atoms with van der Waals surface area (Å²) in [5, 5.41) is 18.9. The van der Waals surface area contributed by atoms with Crippen molar-refractivity contribution in [3.63, 3.8) is 0 Å². The Balaban J connectivity index is 1.98. The van der Waals surface area contributed by atoms with E-state index in [2.05, 4.69) is 15.6 Å². The van der Waals surface area contributed by atoms with E-state index in [1.807, 2.05) is 42.6 Å². The van der Waals surface area contributed by atoms with Gasteiger partial charge in [-0.2, -0.15) is 0 Å². The molecule has 1 heterocycles. The minimum Gasteiger partial charge on any atom is -0.484 e. The number of primary amides is 1. The number of hydrogen-bond acceptors (Lipinski definition) is 5. The van der Waals surface area contributed by atoms with E-state index in [-0.39, 0.29) is 6.61 Å². The highest BCUT2D eigenvalue weighted by Gasteiger charge is 2.24. The quantitative estimate of drug-likeness (QED) is 0.384. The molecule has 0 saturated carbocycles. The lowest BCUT2D eigenvalue weighted by Crippen LogP contribution is -2.44. The average Bonchev–Trinajstić information content (AvgIpc) is 3.18. The maximum Gasteiger partial charge on any atom is 0.255 e. The van der Waals surface area contributed by atoms with E-state index in [0.29, 0.717) is 31.3 Å². The molecule has 1 aromatic heterocycles. The summed E-state index contributed by atoms with van der Waals surface area (Å²) in [6, 6.07) is 11.2. The fraction of sp³-hybridized carbons (Fsp3) is 0.368. The van der Waals surface area contributed by atoms with Crippen LogP contribution in [0.25, 0.3) is 0 Å². The molecule has 0 bridgehead atoms. The van der Waals surface area contributed by atoms with Crippen molar-refractivity contribution in [2.45, 2.75) is 26.0 Å². The molecule has 2 aromatic rings. The number of aliphatic imine (C=N–C) groups is 1. The van der Waals surface area contributed by atoms with Gasteiger partial charge in [0.15, 0.2) is 12.6 Å². The SMILES string of the molecule is CCNC(=NCc1cccc(OCC(N)=O)c1)NCC(C)(O)c1cccs1. The largest absolute Gasteiger partial charge is 0.484 e. The maximum absolute atomic E-state index is 10.8. The van der Waals surface area contributed by atoms with Crippen LogP contribution in [0.15, 0.2) is 46.8 Å². The molecule has 0 aliphatic carbocycles. The molecule has 0 aliphatic rings. The zero-order valence-electron chi connectivity index (χ0n) is 15.6. The summed E-state index contributed by atoms with van der Waals surface area (Å²) in [6.07, 6.45) is 0. The van der Waals surface area contributed by atoms with Crippen LogP contribution in [0.5, 0.6) is 5.75 Å². The van der Waals surface area contributed by atoms with Crippen molar-refractivity contribution in [3.05, 3.63) is 52.2 Å². The van der Waals surface area contributed by atoms with Crippen LogP contribution >= 0.6 is 11.3 Å². The number of carbonyl (C=O) groups excluding carboxylic acids is 1. The molecule has 0 spiro atoms. The average molecular weight is 391 g/mol. The number of thiophene rings is 1. The van der Waals surface area contributed by atoms with Gasteiger partial charge < -0.3 is 26.2 Å². The minimum atomic E-state index is -0.979. The Bertz CT molecular complexity index is 760. The fourth-order valence-electron chi connectivity index (χ4n) is 2.33. The molecule has 1 unspecified atom stereocenters. The van der Waals surface area contributed by atoms with Gasteiger partial charge in [0.1, 0.15) is 11.4 Å². The lowest BCUT2D eigenvalue weighted by Gasteiger charge is -2.23.